The van der Waals surface area contributed by atoms with Crippen LogP contribution in [0.1, 0.15) is 49.8 Å². The van der Waals surface area contributed by atoms with Crippen LogP contribution in [-0.4, -0.2) is 4.98 Å². The Kier molecular flexibility index (Phi) is 2.32. The summed E-state index contributed by atoms with van der Waals surface area (Å²) in [5.41, 5.74) is 10.6. The van der Waals surface area contributed by atoms with Gasteiger partial charge in [0.05, 0.1) is 5.52 Å². The summed E-state index contributed by atoms with van der Waals surface area (Å²) in [6, 6.07) is 8.51. The van der Waals surface area contributed by atoms with Crippen molar-refractivity contribution < 1.29 is 0 Å². The Balaban J connectivity index is 2.17. The van der Waals surface area contributed by atoms with Gasteiger partial charge in [0.25, 0.3) is 0 Å². The Morgan fingerprint density at radius 1 is 1.24 bits per heavy atom. The number of hydrogen-bond donors (Lipinski definition) is 1. The Bertz CT molecular complexity index is 568. The first-order valence-corrected chi connectivity index (χ1v) is 6.35. The summed E-state index contributed by atoms with van der Waals surface area (Å²) >= 11 is 0. The van der Waals surface area contributed by atoms with E-state index < -0.39 is 0 Å². The van der Waals surface area contributed by atoms with Gasteiger partial charge in [0.1, 0.15) is 0 Å². The molecule has 1 saturated carbocycles. The number of rotatable bonds is 2. The molecule has 0 bridgehead atoms. The second-order valence-corrected chi connectivity index (χ2v) is 5.34. The largest absolute Gasteiger partial charge is 0.398 e. The lowest BCUT2D eigenvalue weighted by molar-refractivity contribution is 0.868. The third-order valence-corrected chi connectivity index (χ3v) is 3.55. The lowest BCUT2D eigenvalue weighted by Crippen LogP contribution is -1.96. The Morgan fingerprint density at radius 2 is 2.00 bits per heavy atom. The summed E-state index contributed by atoms with van der Waals surface area (Å²) in [6.07, 6.45) is 2.53. The van der Waals surface area contributed by atoms with Gasteiger partial charge in [-0.25, -0.2) is 0 Å². The van der Waals surface area contributed by atoms with Gasteiger partial charge < -0.3 is 5.73 Å². The lowest BCUT2D eigenvalue weighted by Gasteiger charge is -2.09. The average molecular weight is 226 g/mol. The monoisotopic (exact) mass is 226 g/mol. The highest BCUT2D eigenvalue weighted by Gasteiger charge is 2.25. The SMILES string of the molecule is CC(C)c1ccc2nc(C3CC3)cc(N)c2c1. The van der Waals surface area contributed by atoms with Crippen LogP contribution >= 0.6 is 0 Å². The van der Waals surface area contributed by atoms with E-state index in [4.69, 9.17) is 10.7 Å². The van der Waals surface area contributed by atoms with Crippen molar-refractivity contribution >= 4 is 16.6 Å². The van der Waals surface area contributed by atoms with E-state index in [1.165, 1.54) is 24.1 Å². The van der Waals surface area contributed by atoms with Crippen LogP contribution in [0.2, 0.25) is 0 Å². The van der Waals surface area contributed by atoms with Gasteiger partial charge >= 0.3 is 0 Å². The van der Waals surface area contributed by atoms with Gasteiger partial charge in [0.15, 0.2) is 0 Å². The van der Waals surface area contributed by atoms with E-state index in [9.17, 15) is 0 Å². The Hall–Kier alpha value is -1.57. The topological polar surface area (TPSA) is 38.9 Å². The summed E-state index contributed by atoms with van der Waals surface area (Å²) in [6.45, 7) is 4.40. The van der Waals surface area contributed by atoms with Crippen molar-refractivity contribution in [3.63, 3.8) is 0 Å². The fraction of sp³-hybridized carbons (Fsp3) is 0.400. The second-order valence-electron chi connectivity index (χ2n) is 5.34. The fourth-order valence-corrected chi connectivity index (χ4v) is 2.24. The predicted molar refractivity (Wildman–Crippen MR) is 72.2 cm³/mol. The lowest BCUT2D eigenvalue weighted by atomic mass is 10.00. The first-order chi connectivity index (χ1) is 8.15. The standard InChI is InChI=1S/C15H18N2/c1-9(2)11-5-6-14-12(7-11)13(16)8-15(17-14)10-3-4-10/h5-10H,3-4H2,1-2H3,(H2,16,17). The van der Waals surface area contributed by atoms with E-state index in [2.05, 4.69) is 38.1 Å². The van der Waals surface area contributed by atoms with E-state index >= 15 is 0 Å². The van der Waals surface area contributed by atoms with E-state index in [1.807, 2.05) is 0 Å². The van der Waals surface area contributed by atoms with E-state index in [0.29, 0.717) is 11.8 Å². The van der Waals surface area contributed by atoms with Gasteiger partial charge in [-0.2, -0.15) is 0 Å². The Morgan fingerprint density at radius 3 is 2.65 bits per heavy atom. The number of hydrogen-bond acceptors (Lipinski definition) is 2. The molecule has 2 heteroatoms. The second kappa shape index (κ2) is 3.73. The minimum absolute atomic E-state index is 0.530. The number of nitrogens with zero attached hydrogens (tertiary/aromatic N) is 1. The molecule has 0 amide bonds. The zero-order valence-electron chi connectivity index (χ0n) is 10.4. The minimum atomic E-state index is 0.530. The molecule has 3 rings (SSSR count). The number of nitrogens with two attached hydrogens (primary N) is 1. The highest BCUT2D eigenvalue weighted by Crippen LogP contribution is 2.40. The number of fused-ring (bicyclic) bond motifs is 1. The fourth-order valence-electron chi connectivity index (χ4n) is 2.24. The molecule has 1 aromatic carbocycles. The number of pyridine rings is 1. The molecular formula is C15H18N2. The molecule has 0 atom stereocenters. The summed E-state index contributed by atoms with van der Waals surface area (Å²) < 4.78 is 0. The third-order valence-electron chi connectivity index (χ3n) is 3.55. The smallest absolute Gasteiger partial charge is 0.0726 e. The molecule has 2 N–H and O–H groups in total. The van der Waals surface area contributed by atoms with Crippen LogP contribution in [0.5, 0.6) is 0 Å². The number of aromatic nitrogens is 1. The molecule has 1 aliphatic rings. The van der Waals surface area contributed by atoms with Crippen molar-refractivity contribution in [2.75, 3.05) is 5.73 Å². The number of benzene rings is 1. The van der Waals surface area contributed by atoms with Crippen molar-refractivity contribution in [3.8, 4) is 0 Å². The molecule has 2 nitrogen and oxygen atoms in total. The Labute approximate surface area is 102 Å². The van der Waals surface area contributed by atoms with E-state index in [0.717, 1.165) is 16.6 Å². The van der Waals surface area contributed by atoms with Crippen molar-refractivity contribution in [1.82, 2.24) is 4.98 Å². The molecule has 2 aromatic rings. The highest BCUT2D eigenvalue weighted by molar-refractivity contribution is 5.91. The number of anilines is 1. The molecule has 0 radical (unpaired) electrons. The molecule has 88 valence electrons. The first kappa shape index (κ1) is 10.6. The molecule has 0 spiro atoms. The average Bonchev–Trinajstić information content (AvgIpc) is 3.12. The normalized spacial score (nSPS) is 15.7. The molecular weight excluding hydrogens is 208 g/mol. The minimum Gasteiger partial charge on any atom is -0.398 e. The summed E-state index contributed by atoms with van der Waals surface area (Å²) in [7, 11) is 0. The summed E-state index contributed by atoms with van der Waals surface area (Å²) in [5.74, 6) is 1.19. The molecule has 1 aromatic heterocycles. The predicted octanol–water partition coefficient (Wildman–Crippen LogP) is 3.82. The highest BCUT2D eigenvalue weighted by atomic mass is 14.7. The molecule has 0 unspecified atom stereocenters. The summed E-state index contributed by atoms with van der Waals surface area (Å²) in [4.78, 5) is 4.72. The van der Waals surface area contributed by atoms with Crippen molar-refractivity contribution in [2.24, 2.45) is 0 Å². The van der Waals surface area contributed by atoms with E-state index in [-0.39, 0.29) is 0 Å². The third kappa shape index (κ3) is 1.88. The van der Waals surface area contributed by atoms with Crippen LogP contribution in [-0.2, 0) is 0 Å². The van der Waals surface area contributed by atoms with Crippen LogP contribution < -0.4 is 5.73 Å². The molecule has 1 fully saturated rings. The van der Waals surface area contributed by atoms with Gasteiger partial charge in [0, 0.05) is 22.7 Å². The van der Waals surface area contributed by atoms with Crippen molar-refractivity contribution in [1.29, 1.82) is 0 Å². The maximum Gasteiger partial charge on any atom is 0.0726 e. The van der Waals surface area contributed by atoms with Crippen molar-refractivity contribution in [2.45, 2.75) is 38.5 Å². The molecule has 17 heavy (non-hydrogen) atoms. The molecule has 0 saturated heterocycles. The maximum atomic E-state index is 6.15. The van der Waals surface area contributed by atoms with Crippen LogP contribution in [0.15, 0.2) is 24.3 Å². The van der Waals surface area contributed by atoms with Gasteiger partial charge in [-0.3, -0.25) is 4.98 Å². The molecule has 1 heterocycles. The van der Waals surface area contributed by atoms with Gasteiger partial charge in [-0.15, -0.1) is 0 Å². The summed E-state index contributed by atoms with van der Waals surface area (Å²) in [5, 5.41) is 1.10. The van der Waals surface area contributed by atoms with Crippen LogP contribution in [0.4, 0.5) is 5.69 Å². The quantitative estimate of drug-likeness (QED) is 0.845. The molecule has 0 aliphatic heterocycles. The first-order valence-electron chi connectivity index (χ1n) is 6.35. The number of nitrogen functional groups attached to an aromatic ring is 1. The van der Waals surface area contributed by atoms with Crippen LogP contribution in [0.25, 0.3) is 10.9 Å². The van der Waals surface area contributed by atoms with Crippen molar-refractivity contribution in [3.05, 3.63) is 35.5 Å². The maximum absolute atomic E-state index is 6.15. The van der Waals surface area contributed by atoms with Gasteiger partial charge in [0.2, 0.25) is 0 Å². The van der Waals surface area contributed by atoms with Crippen LogP contribution in [0, 0.1) is 0 Å². The van der Waals surface area contributed by atoms with E-state index in [1.54, 1.807) is 0 Å². The van der Waals surface area contributed by atoms with Crippen LogP contribution in [0.3, 0.4) is 0 Å². The van der Waals surface area contributed by atoms with Gasteiger partial charge in [-0.05, 0) is 42.5 Å². The molecule has 1 aliphatic carbocycles. The zero-order chi connectivity index (χ0) is 12.0. The zero-order valence-corrected chi connectivity index (χ0v) is 10.4. The van der Waals surface area contributed by atoms with Gasteiger partial charge in [-0.1, -0.05) is 19.9 Å².